The Balaban J connectivity index is 1.63. The predicted molar refractivity (Wildman–Crippen MR) is 109 cm³/mol. The van der Waals surface area contributed by atoms with E-state index in [1.54, 1.807) is 24.3 Å². The van der Waals surface area contributed by atoms with E-state index in [0.29, 0.717) is 17.0 Å². The number of halogens is 2. The van der Waals surface area contributed by atoms with Gasteiger partial charge in [-0.15, -0.1) is 0 Å². The molecule has 1 amide bonds. The van der Waals surface area contributed by atoms with E-state index >= 15 is 0 Å². The zero-order valence-electron chi connectivity index (χ0n) is 14.8. The number of rotatable bonds is 7. The molecule has 0 aliphatic heterocycles. The van der Waals surface area contributed by atoms with Crippen molar-refractivity contribution in [2.45, 2.75) is 6.42 Å². The molecule has 3 rings (SSSR count). The van der Waals surface area contributed by atoms with Crippen LogP contribution in [-0.4, -0.2) is 18.3 Å². The summed E-state index contributed by atoms with van der Waals surface area (Å²) in [6.45, 7) is -0.142. The zero-order valence-corrected chi connectivity index (χ0v) is 16.4. The minimum Gasteiger partial charge on any atom is -0.485 e. The highest BCUT2D eigenvalue weighted by Crippen LogP contribution is 2.20. The summed E-state index contributed by atoms with van der Waals surface area (Å²) in [4.78, 5) is 24.7. The predicted octanol–water partition coefficient (Wildman–Crippen LogP) is 5.03. The topological polar surface area (TPSA) is 55.4 Å². The molecule has 0 heterocycles. The van der Waals surface area contributed by atoms with Crippen LogP contribution in [0.4, 0.5) is 10.1 Å². The summed E-state index contributed by atoms with van der Waals surface area (Å²) >= 11 is 3.36. The fourth-order valence-electron chi connectivity index (χ4n) is 2.55. The van der Waals surface area contributed by atoms with Crippen molar-refractivity contribution in [3.8, 4) is 5.75 Å². The lowest BCUT2D eigenvalue weighted by Gasteiger charge is -2.11. The number of anilines is 1. The average molecular weight is 442 g/mol. The van der Waals surface area contributed by atoms with Crippen molar-refractivity contribution in [1.82, 2.24) is 0 Å². The summed E-state index contributed by atoms with van der Waals surface area (Å²) in [5.74, 6) is -0.573. The van der Waals surface area contributed by atoms with Crippen LogP contribution < -0.4 is 10.1 Å². The summed E-state index contributed by atoms with van der Waals surface area (Å²) in [6, 6.07) is 19.6. The van der Waals surface area contributed by atoms with Crippen LogP contribution in [0.1, 0.15) is 15.9 Å². The van der Waals surface area contributed by atoms with Crippen molar-refractivity contribution in [3.05, 3.63) is 94.2 Å². The van der Waals surface area contributed by atoms with Gasteiger partial charge in [-0.05, 0) is 54.1 Å². The highest BCUT2D eigenvalue weighted by Gasteiger charge is 2.14. The van der Waals surface area contributed by atoms with Crippen LogP contribution in [-0.2, 0) is 11.2 Å². The Kier molecular flexibility index (Phi) is 6.55. The normalized spacial score (nSPS) is 10.4. The summed E-state index contributed by atoms with van der Waals surface area (Å²) in [5.41, 5.74) is 1.65. The van der Waals surface area contributed by atoms with Crippen LogP contribution >= 0.6 is 15.9 Å². The van der Waals surface area contributed by atoms with E-state index in [1.165, 1.54) is 24.3 Å². The first-order chi connectivity index (χ1) is 13.5. The van der Waals surface area contributed by atoms with Crippen molar-refractivity contribution in [2.75, 3.05) is 11.9 Å². The summed E-state index contributed by atoms with van der Waals surface area (Å²) in [7, 11) is 0. The smallest absolute Gasteiger partial charge is 0.259 e. The van der Waals surface area contributed by atoms with Gasteiger partial charge in [-0.3, -0.25) is 9.59 Å². The molecule has 0 bridgehead atoms. The minimum absolute atomic E-state index is 0.101. The molecule has 0 saturated heterocycles. The second-order valence-electron chi connectivity index (χ2n) is 6.09. The Labute approximate surface area is 170 Å². The van der Waals surface area contributed by atoms with Crippen LogP contribution in [0.3, 0.4) is 0 Å². The van der Waals surface area contributed by atoms with Gasteiger partial charge < -0.3 is 10.1 Å². The van der Waals surface area contributed by atoms with Gasteiger partial charge in [0.15, 0.2) is 5.78 Å². The van der Waals surface area contributed by atoms with Crippen LogP contribution in [0.15, 0.2) is 77.3 Å². The van der Waals surface area contributed by atoms with E-state index in [4.69, 9.17) is 4.74 Å². The Morgan fingerprint density at radius 3 is 2.32 bits per heavy atom. The van der Waals surface area contributed by atoms with Gasteiger partial charge in [0.05, 0.1) is 5.56 Å². The molecule has 0 spiro atoms. The van der Waals surface area contributed by atoms with E-state index in [2.05, 4.69) is 21.2 Å². The van der Waals surface area contributed by atoms with E-state index in [-0.39, 0.29) is 24.6 Å². The third-order valence-corrected chi connectivity index (χ3v) is 4.47. The Hall–Kier alpha value is -2.99. The molecule has 0 aromatic heterocycles. The first-order valence-corrected chi connectivity index (χ1v) is 9.35. The molecule has 0 fully saturated rings. The molecule has 0 unspecified atom stereocenters. The number of nitrogens with one attached hydrogen (secondary N) is 1. The second kappa shape index (κ2) is 9.28. The molecule has 0 aliphatic rings. The highest BCUT2D eigenvalue weighted by molar-refractivity contribution is 9.10. The molecule has 0 aliphatic carbocycles. The molecule has 28 heavy (non-hydrogen) atoms. The van der Waals surface area contributed by atoms with Crippen LogP contribution in [0.2, 0.25) is 0 Å². The number of carbonyl (C=O) groups excluding carboxylic acids is 2. The van der Waals surface area contributed by atoms with Crippen LogP contribution in [0.25, 0.3) is 0 Å². The number of ether oxygens (including phenoxy) is 1. The molecule has 6 heteroatoms. The lowest BCUT2D eigenvalue weighted by molar-refractivity contribution is -0.120. The lowest BCUT2D eigenvalue weighted by Crippen LogP contribution is -2.17. The van der Waals surface area contributed by atoms with Crippen molar-refractivity contribution >= 4 is 33.3 Å². The van der Waals surface area contributed by atoms with Gasteiger partial charge in [0, 0.05) is 16.6 Å². The van der Waals surface area contributed by atoms with E-state index in [9.17, 15) is 14.0 Å². The Morgan fingerprint density at radius 1 is 0.929 bits per heavy atom. The Bertz CT molecular complexity index is 972. The number of amides is 1. The molecule has 4 nitrogen and oxygen atoms in total. The van der Waals surface area contributed by atoms with Crippen LogP contribution in [0, 0.1) is 5.82 Å². The van der Waals surface area contributed by atoms with Gasteiger partial charge >= 0.3 is 0 Å². The molecular weight excluding hydrogens is 425 g/mol. The standard InChI is InChI=1S/C22H17BrFNO3/c23-16-7-5-15(6-8-16)13-19(26)14-28-21-4-2-1-3-20(21)22(27)25-18-11-9-17(24)10-12-18/h1-12H,13-14H2,(H,25,27). The molecular formula is C22H17BrFNO3. The average Bonchev–Trinajstić information content (AvgIpc) is 2.70. The van der Waals surface area contributed by atoms with E-state index in [1.807, 2.05) is 24.3 Å². The summed E-state index contributed by atoms with van der Waals surface area (Å²) in [5, 5.41) is 2.68. The zero-order chi connectivity index (χ0) is 19.9. The molecule has 0 radical (unpaired) electrons. The van der Waals surface area contributed by atoms with E-state index in [0.717, 1.165) is 10.0 Å². The minimum atomic E-state index is -0.400. The molecule has 142 valence electrons. The molecule has 0 atom stereocenters. The van der Waals surface area contributed by atoms with Crippen molar-refractivity contribution in [1.29, 1.82) is 0 Å². The fraction of sp³-hybridized carbons (Fsp3) is 0.0909. The quantitative estimate of drug-likeness (QED) is 0.559. The van der Waals surface area contributed by atoms with Crippen molar-refractivity contribution in [3.63, 3.8) is 0 Å². The molecule has 3 aromatic rings. The summed E-state index contributed by atoms with van der Waals surface area (Å²) < 4.78 is 19.5. The monoisotopic (exact) mass is 441 g/mol. The third kappa shape index (κ3) is 5.50. The second-order valence-corrected chi connectivity index (χ2v) is 7.00. The fourth-order valence-corrected chi connectivity index (χ4v) is 2.82. The van der Waals surface area contributed by atoms with Gasteiger partial charge in [0.2, 0.25) is 0 Å². The van der Waals surface area contributed by atoms with Crippen molar-refractivity contribution in [2.24, 2.45) is 0 Å². The van der Waals surface area contributed by atoms with Gasteiger partial charge in [0.1, 0.15) is 18.2 Å². The van der Waals surface area contributed by atoms with Crippen molar-refractivity contribution < 1.29 is 18.7 Å². The Morgan fingerprint density at radius 2 is 1.61 bits per heavy atom. The number of Topliss-reactive ketones (excluding diaryl/α,β-unsaturated/α-hetero) is 1. The third-order valence-electron chi connectivity index (χ3n) is 3.94. The number of ketones is 1. The number of hydrogen-bond acceptors (Lipinski definition) is 3. The SMILES string of the molecule is O=C(COc1ccccc1C(=O)Nc1ccc(F)cc1)Cc1ccc(Br)cc1. The summed E-state index contributed by atoms with van der Waals surface area (Å²) in [6.07, 6.45) is 0.247. The molecule has 3 aromatic carbocycles. The molecule has 0 saturated carbocycles. The largest absolute Gasteiger partial charge is 0.485 e. The highest BCUT2D eigenvalue weighted by atomic mass is 79.9. The lowest BCUT2D eigenvalue weighted by atomic mass is 10.1. The first-order valence-electron chi connectivity index (χ1n) is 8.56. The number of carbonyl (C=O) groups is 2. The maximum atomic E-state index is 13.0. The maximum Gasteiger partial charge on any atom is 0.259 e. The van der Waals surface area contributed by atoms with Gasteiger partial charge in [-0.2, -0.15) is 0 Å². The number of para-hydroxylation sites is 1. The number of benzene rings is 3. The number of hydrogen-bond donors (Lipinski definition) is 1. The first kappa shape index (κ1) is 19.8. The van der Waals surface area contributed by atoms with Gasteiger partial charge in [0.25, 0.3) is 5.91 Å². The van der Waals surface area contributed by atoms with Crippen LogP contribution in [0.5, 0.6) is 5.75 Å². The van der Waals surface area contributed by atoms with E-state index < -0.39 is 5.91 Å². The van der Waals surface area contributed by atoms with Gasteiger partial charge in [-0.25, -0.2) is 4.39 Å². The van der Waals surface area contributed by atoms with Gasteiger partial charge in [-0.1, -0.05) is 40.2 Å². The maximum absolute atomic E-state index is 13.0. The molecule has 1 N–H and O–H groups in total.